The van der Waals surface area contributed by atoms with Crippen molar-refractivity contribution in [3.8, 4) is 11.8 Å². The Morgan fingerprint density at radius 1 is 1.12 bits per heavy atom. The van der Waals surface area contributed by atoms with Crippen LogP contribution in [0.4, 0.5) is 4.39 Å². The number of nitrogens with one attached hydrogen (secondary N) is 1. The summed E-state index contributed by atoms with van der Waals surface area (Å²) in [5.41, 5.74) is 1.52. The van der Waals surface area contributed by atoms with Gasteiger partial charge in [0.1, 0.15) is 17.6 Å². The molecule has 2 aromatic carbocycles. The van der Waals surface area contributed by atoms with Crippen molar-refractivity contribution in [3.05, 3.63) is 65.0 Å². The second kappa shape index (κ2) is 7.91. The Kier molecular flexibility index (Phi) is 5.91. The van der Waals surface area contributed by atoms with Gasteiger partial charge >= 0.3 is 0 Å². The molecule has 0 aliphatic carbocycles. The molecular formula is C19H21FN2O2. The van der Waals surface area contributed by atoms with Gasteiger partial charge in [0.15, 0.2) is 0 Å². The topological polar surface area (TPSA) is 65.3 Å². The summed E-state index contributed by atoms with van der Waals surface area (Å²) in [5.74, 6) is 0.194. The van der Waals surface area contributed by atoms with E-state index < -0.39 is 11.9 Å². The Bertz CT molecular complexity index is 725. The molecule has 0 bridgehead atoms. The molecule has 24 heavy (non-hydrogen) atoms. The summed E-state index contributed by atoms with van der Waals surface area (Å²) in [6.45, 7) is 3.75. The van der Waals surface area contributed by atoms with Gasteiger partial charge < -0.3 is 15.2 Å². The Morgan fingerprint density at radius 3 is 2.29 bits per heavy atom. The molecule has 0 amide bonds. The second-order valence-corrected chi connectivity index (χ2v) is 5.75. The van der Waals surface area contributed by atoms with Crippen LogP contribution in [0.25, 0.3) is 0 Å². The number of benzene rings is 2. The van der Waals surface area contributed by atoms with Crippen LogP contribution in [0.3, 0.4) is 0 Å². The van der Waals surface area contributed by atoms with Crippen molar-refractivity contribution in [3.63, 3.8) is 0 Å². The lowest BCUT2D eigenvalue weighted by molar-refractivity contribution is 0.130. The molecule has 126 valence electrons. The van der Waals surface area contributed by atoms with E-state index in [-0.39, 0.29) is 17.6 Å². The molecule has 0 saturated heterocycles. The van der Waals surface area contributed by atoms with E-state index in [4.69, 9.17) is 10.00 Å². The summed E-state index contributed by atoms with van der Waals surface area (Å²) in [6, 6.07) is 13.1. The fourth-order valence-corrected chi connectivity index (χ4v) is 2.56. The third-order valence-electron chi connectivity index (χ3n) is 4.06. The number of nitrogens with zero attached hydrogens (tertiary/aromatic N) is 1. The molecule has 4 nitrogen and oxygen atoms in total. The van der Waals surface area contributed by atoms with Crippen molar-refractivity contribution in [2.75, 3.05) is 7.11 Å². The van der Waals surface area contributed by atoms with Crippen molar-refractivity contribution in [2.24, 2.45) is 0 Å². The molecule has 0 aromatic heterocycles. The molecule has 3 unspecified atom stereocenters. The monoisotopic (exact) mass is 328 g/mol. The molecule has 3 atom stereocenters. The fraction of sp³-hybridized carbons (Fsp3) is 0.316. The van der Waals surface area contributed by atoms with Crippen LogP contribution in [0.15, 0.2) is 42.5 Å². The minimum atomic E-state index is -0.707. The van der Waals surface area contributed by atoms with E-state index >= 15 is 0 Å². The van der Waals surface area contributed by atoms with Gasteiger partial charge in [-0.25, -0.2) is 4.39 Å². The number of hydrogen-bond acceptors (Lipinski definition) is 4. The number of nitriles is 1. The first-order valence-corrected chi connectivity index (χ1v) is 7.74. The van der Waals surface area contributed by atoms with Crippen LogP contribution in [-0.4, -0.2) is 18.3 Å². The Balaban J connectivity index is 2.05. The summed E-state index contributed by atoms with van der Waals surface area (Å²) >= 11 is 0. The molecule has 0 heterocycles. The van der Waals surface area contributed by atoms with Crippen molar-refractivity contribution < 1.29 is 14.2 Å². The summed E-state index contributed by atoms with van der Waals surface area (Å²) in [5, 5.41) is 22.5. The average Bonchev–Trinajstić information content (AvgIpc) is 2.60. The zero-order valence-electron chi connectivity index (χ0n) is 14.0. The second-order valence-electron chi connectivity index (χ2n) is 5.75. The quantitative estimate of drug-likeness (QED) is 0.852. The average molecular weight is 328 g/mol. The zero-order valence-corrected chi connectivity index (χ0v) is 14.0. The first-order chi connectivity index (χ1) is 11.5. The number of methoxy groups -OCH3 is 1. The fourth-order valence-electron chi connectivity index (χ4n) is 2.56. The normalized spacial score (nSPS) is 14.5. The maximum absolute atomic E-state index is 13.7. The van der Waals surface area contributed by atoms with Gasteiger partial charge in [0.2, 0.25) is 0 Å². The van der Waals surface area contributed by atoms with Gasteiger partial charge in [-0.3, -0.25) is 0 Å². The van der Waals surface area contributed by atoms with E-state index in [9.17, 15) is 9.50 Å². The van der Waals surface area contributed by atoms with Gasteiger partial charge in [-0.15, -0.1) is 0 Å². The Hall–Kier alpha value is -2.42. The van der Waals surface area contributed by atoms with Crippen molar-refractivity contribution >= 4 is 0 Å². The molecule has 5 heteroatoms. The highest BCUT2D eigenvalue weighted by Gasteiger charge is 2.19. The molecule has 2 N–H and O–H groups in total. The number of rotatable bonds is 6. The van der Waals surface area contributed by atoms with Crippen LogP contribution in [0, 0.1) is 17.1 Å². The molecule has 2 aromatic rings. The SMILES string of the molecule is COc1ccc(C(O)C(C)NC(C)c2ccc(C#N)c(F)c2)cc1. The molecule has 0 aliphatic heterocycles. The van der Waals surface area contributed by atoms with Gasteiger partial charge in [-0.05, 0) is 49.2 Å². The number of halogens is 1. The maximum Gasteiger partial charge on any atom is 0.141 e. The summed E-state index contributed by atoms with van der Waals surface area (Å²) in [4.78, 5) is 0. The van der Waals surface area contributed by atoms with E-state index in [1.165, 1.54) is 12.1 Å². The van der Waals surface area contributed by atoms with Crippen LogP contribution in [-0.2, 0) is 0 Å². The van der Waals surface area contributed by atoms with Gasteiger partial charge in [-0.2, -0.15) is 5.26 Å². The van der Waals surface area contributed by atoms with Gasteiger partial charge in [0, 0.05) is 12.1 Å². The first kappa shape index (κ1) is 17.9. The summed E-state index contributed by atoms with van der Waals surface area (Å²) in [7, 11) is 1.59. The predicted octanol–water partition coefficient (Wildman–Crippen LogP) is 3.48. The van der Waals surface area contributed by atoms with Gasteiger partial charge in [0.05, 0.1) is 18.8 Å². The van der Waals surface area contributed by atoms with E-state index in [0.717, 1.165) is 16.9 Å². The smallest absolute Gasteiger partial charge is 0.141 e. The molecular weight excluding hydrogens is 307 g/mol. The van der Waals surface area contributed by atoms with Crippen LogP contribution in [0.1, 0.15) is 42.7 Å². The zero-order chi connectivity index (χ0) is 17.7. The molecule has 0 fully saturated rings. The van der Waals surface area contributed by atoms with Crippen LogP contribution >= 0.6 is 0 Å². The molecule has 0 saturated carbocycles. The van der Waals surface area contributed by atoms with Crippen LogP contribution in [0.2, 0.25) is 0 Å². The Morgan fingerprint density at radius 2 is 1.75 bits per heavy atom. The number of aliphatic hydroxyl groups excluding tert-OH is 1. The van der Waals surface area contributed by atoms with Crippen molar-refractivity contribution in [2.45, 2.75) is 32.0 Å². The summed E-state index contributed by atoms with van der Waals surface area (Å²) < 4.78 is 18.8. The van der Waals surface area contributed by atoms with Gasteiger partial charge in [0.25, 0.3) is 0 Å². The highest BCUT2D eigenvalue weighted by molar-refractivity contribution is 5.34. The van der Waals surface area contributed by atoms with E-state index in [1.807, 2.05) is 26.0 Å². The number of hydrogen-bond donors (Lipinski definition) is 2. The lowest BCUT2D eigenvalue weighted by Crippen LogP contribution is -2.34. The van der Waals surface area contributed by atoms with E-state index in [0.29, 0.717) is 0 Å². The Labute approximate surface area is 141 Å². The maximum atomic E-state index is 13.7. The minimum Gasteiger partial charge on any atom is -0.497 e. The lowest BCUT2D eigenvalue weighted by atomic mass is 10.0. The largest absolute Gasteiger partial charge is 0.497 e. The summed E-state index contributed by atoms with van der Waals surface area (Å²) in [6.07, 6.45) is -0.707. The molecule has 2 rings (SSSR count). The van der Waals surface area contributed by atoms with E-state index in [1.54, 1.807) is 31.4 Å². The van der Waals surface area contributed by atoms with Crippen LogP contribution in [0.5, 0.6) is 5.75 Å². The van der Waals surface area contributed by atoms with Crippen LogP contribution < -0.4 is 10.1 Å². The predicted molar refractivity (Wildman–Crippen MR) is 90.1 cm³/mol. The number of ether oxygens (including phenoxy) is 1. The minimum absolute atomic E-state index is 0.0252. The molecule has 0 aliphatic rings. The van der Waals surface area contributed by atoms with Crippen molar-refractivity contribution in [1.82, 2.24) is 5.32 Å². The molecule has 0 radical (unpaired) electrons. The van der Waals surface area contributed by atoms with Crippen molar-refractivity contribution in [1.29, 1.82) is 5.26 Å². The molecule has 0 spiro atoms. The van der Waals surface area contributed by atoms with Gasteiger partial charge in [-0.1, -0.05) is 18.2 Å². The highest BCUT2D eigenvalue weighted by Crippen LogP contribution is 2.23. The third kappa shape index (κ3) is 4.10. The van der Waals surface area contributed by atoms with E-state index in [2.05, 4.69) is 5.32 Å². The third-order valence-corrected chi connectivity index (χ3v) is 4.06. The first-order valence-electron chi connectivity index (χ1n) is 7.74. The highest BCUT2D eigenvalue weighted by atomic mass is 19.1. The number of aliphatic hydroxyl groups is 1. The lowest BCUT2D eigenvalue weighted by Gasteiger charge is -2.25. The standard InChI is InChI=1S/C19H21FN2O2/c1-12(15-4-5-16(11-21)18(20)10-15)22-13(2)19(23)14-6-8-17(24-3)9-7-14/h4-10,12-13,19,22-23H,1-3H3.